The fourth-order valence-corrected chi connectivity index (χ4v) is 4.43. The number of halogens is 1. The summed E-state index contributed by atoms with van der Waals surface area (Å²) < 4.78 is 17.5. The molecule has 0 amide bonds. The van der Waals surface area contributed by atoms with E-state index in [1.54, 1.807) is 25.3 Å². The zero-order valence-electron chi connectivity index (χ0n) is 18.5. The van der Waals surface area contributed by atoms with E-state index < -0.39 is 0 Å². The van der Waals surface area contributed by atoms with Crippen molar-refractivity contribution in [3.63, 3.8) is 0 Å². The molecule has 3 heterocycles. The van der Waals surface area contributed by atoms with Gasteiger partial charge in [0.05, 0.1) is 36.4 Å². The van der Waals surface area contributed by atoms with Crippen molar-refractivity contribution in [1.82, 2.24) is 20.1 Å². The number of rotatable bonds is 6. The summed E-state index contributed by atoms with van der Waals surface area (Å²) in [5, 5.41) is 20.2. The molecule has 0 radical (unpaired) electrons. The van der Waals surface area contributed by atoms with Gasteiger partial charge < -0.3 is 19.3 Å². The number of hydrogen-bond donors (Lipinski definition) is 2. The zero-order valence-corrected chi connectivity index (χ0v) is 19.3. The van der Waals surface area contributed by atoms with Crippen LogP contribution in [0, 0.1) is 6.92 Å². The van der Waals surface area contributed by atoms with E-state index in [0.29, 0.717) is 29.4 Å². The van der Waals surface area contributed by atoms with Crippen LogP contribution in [-0.4, -0.2) is 71.8 Å². The first-order valence-electron chi connectivity index (χ1n) is 10.8. The Labute approximate surface area is 196 Å². The fourth-order valence-electron chi connectivity index (χ4n) is 4.25. The average molecular weight is 469 g/mol. The van der Waals surface area contributed by atoms with Crippen LogP contribution in [0.25, 0.3) is 33.1 Å². The quantitative estimate of drug-likeness (QED) is 0.438. The molecule has 1 aliphatic rings. The van der Waals surface area contributed by atoms with Crippen molar-refractivity contribution in [2.24, 2.45) is 0 Å². The number of aromatic nitrogens is 3. The molecular formula is C24H25ClN4O4. The maximum absolute atomic E-state index is 9.88. The predicted molar refractivity (Wildman–Crippen MR) is 128 cm³/mol. The summed E-state index contributed by atoms with van der Waals surface area (Å²) in [6, 6.07) is 8.91. The zero-order chi connectivity index (χ0) is 22.9. The van der Waals surface area contributed by atoms with Gasteiger partial charge in [0.1, 0.15) is 12.4 Å². The number of nitrogens with zero attached hydrogens (tertiary/aromatic N) is 3. The normalized spacial score (nSPS) is 14.8. The van der Waals surface area contributed by atoms with Crippen LogP contribution in [0.5, 0.6) is 17.2 Å². The van der Waals surface area contributed by atoms with Gasteiger partial charge in [0.15, 0.2) is 17.1 Å². The Bertz CT molecular complexity index is 1320. The van der Waals surface area contributed by atoms with Gasteiger partial charge in [-0.05, 0) is 37.3 Å². The van der Waals surface area contributed by atoms with Crippen molar-refractivity contribution in [2.75, 3.05) is 46.6 Å². The molecule has 9 heteroatoms. The summed E-state index contributed by atoms with van der Waals surface area (Å²) in [5.74, 6) is 1.33. The molecule has 0 saturated carbocycles. The fraction of sp³-hybridized carbons (Fsp3) is 0.333. The second-order valence-electron chi connectivity index (χ2n) is 8.00. The number of phenols is 1. The Balaban J connectivity index is 1.65. The van der Waals surface area contributed by atoms with E-state index in [9.17, 15) is 5.11 Å². The second kappa shape index (κ2) is 9.05. The molecule has 1 saturated heterocycles. The molecule has 0 spiro atoms. The highest BCUT2D eigenvalue weighted by molar-refractivity contribution is 6.32. The highest BCUT2D eigenvalue weighted by Gasteiger charge is 2.21. The lowest BCUT2D eigenvalue weighted by Crippen LogP contribution is -2.38. The molecule has 2 aromatic carbocycles. The van der Waals surface area contributed by atoms with Crippen molar-refractivity contribution in [2.45, 2.75) is 6.92 Å². The summed E-state index contributed by atoms with van der Waals surface area (Å²) in [6.45, 7) is 6.56. The number of hydrogen-bond acceptors (Lipinski definition) is 7. The third kappa shape index (κ3) is 4.06. The number of benzene rings is 2. The van der Waals surface area contributed by atoms with Gasteiger partial charge in [0, 0.05) is 41.7 Å². The van der Waals surface area contributed by atoms with E-state index in [1.165, 1.54) is 0 Å². The number of H-pyrrole nitrogens is 1. The van der Waals surface area contributed by atoms with E-state index in [0.717, 1.165) is 60.3 Å². The number of aromatic amines is 1. The Morgan fingerprint density at radius 1 is 1.18 bits per heavy atom. The Kier molecular flexibility index (Phi) is 5.97. The van der Waals surface area contributed by atoms with Crippen molar-refractivity contribution >= 4 is 33.4 Å². The standard InChI is InChI=1S/C24H25ClN4O4/c1-14-20-21-16(22(26-24(20)28-27-14)15-3-5-18(30)17(25)13-15)4-6-19(31-2)23(21)33-12-9-29-7-10-32-11-8-29/h3-6,13,30H,7-12H2,1-2H3,(H,26,27,28). The number of aromatic hydroxyl groups is 1. The molecule has 1 fully saturated rings. The van der Waals surface area contributed by atoms with Crippen LogP contribution < -0.4 is 9.47 Å². The summed E-state index contributed by atoms with van der Waals surface area (Å²) in [4.78, 5) is 7.14. The van der Waals surface area contributed by atoms with Gasteiger partial charge in [0.25, 0.3) is 0 Å². The number of ether oxygens (including phenoxy) is 3. The molecule has 8 nitrogen and oxygen atoms in total. The summed E-state index contributed by atoms with van der Waals surface area (Å²) in [5.41, 5.74) is 2.94. The van der Waals surface area contributed by atoms with Crippen LogP contribution >= 0.6 is 11.6 Å². The Morgan fingerprint density at radius 2 is 2.00 bits per heavy atom. The van der Waals surface area contributed by atoms with Gasteiger partial charge in [-0.1, -0.05) is 11.6 Å². The smallest absolute Gasteiger partial charge is 0.182 e. The highest BCUT2D eigenvalue weighted by Crippen LogP contribution is 2.44. The Morgan fingerprint density at radius 3 is 2.76 bits per heavy atom. The first kappa shape index (κ1) is 21.8. The number of nitrogens with one attached hydrogen (secondary N) is 1. The topological polar surface area (TPSA) is 92.7 Å². The van der Waals surface area contributed by atoms with E-state index in [-0.39, 0.29) is 10.8 Å². The van der Waals surface area contributed by atoms with E-state index in [4.69, 9.17) is 30.8 Å². The number of aryl methyl sites for hydroxylation is 1. The summed E-state index contributed by atoms with van der Waals surface area (Å²) in [7, 11) is 1.64. The summed E-state index contributed by atoms with van der Waals surface area (Å²) >= 11 is 6.20. The van der Waals surface area contributed by atoms with Gasteiger partial charge in [-0.15, -0.1) is 0 Å². The largest absolute Gasteiger partial charge is 0.506 e. The molecule has 172 valence electrons. The Hall–Kier alpha value is -3.07. The molecule has 4 aromatic rings. The lowest BCUT2D eigenvalue weighted by atomic mass is 9.99. The lowest BCUT2D eigenvalue weighted by Gasteiger charge is -2.26. The first-order valence-corrected chi connectivity index (χ1v) is 11.2. The molecule has 0 atom stereocenters. The molecule has 2 N–H and O–H groups in total. The molecule has 0 aliphatic carbocycles. The second-order valence-corrected chi connectivity index (χ2v) is 8.40. The van der Waals surface area contributed by atoms with Gasteiger partial charge in [-0.25, -0.2) is 4.98 Å². The maximum Gasteiger partial charge on any atom is 0.182 e. The minimum Gasteiger partial charge on any atom is -0.506 e. The first-order chi connectivity index (χ1) is 16.1. The maximum atomic E-state index is 9.88. The molecule has 5 rings (SSSR count). The van der Waals surface area contributed by atoms with Crippen LogP contribution in [0.1, 0.15) is 5.69 Å². The minimum atomic E-state index is 0.0234. The SMILES string of the molecule is COc1ccc2c(-c3ccc(O)c(Cl)c3)nc3n[nH]c(C)c3c2c1OCCN1CCOCC1. The number of methoxy groups -OCH3 is 1. The van der Waals surface area contributed by atoms with Crippen LogP contribution in [0.2, 0.25) is 5.02 Å². The lowest BCUT2D eigenvalue weighted by molar-refractivity contribution is 0.0322. The van der Waals surface area contributed by atoms with Crippen molar-refractivity contribution in [3.8, 4) is 28.5 Å². The number of fused-ring (bicyclic) bond motifs is 3. The van der Waals surface area contributed by atoms with Crippen LogP contribution in [-0.2, 0) is 4.74 Å². The molecule has 33 heavy (non-hydrogen) atoms. The van der Waals surface area contributed by atoms with Crippen molar-refractivity contribution in [1.29, 1.82) is 0 Å². The average Bonchev–Trinajstić information content (AvgIpc) is 3.21. The van der Waals surface area contributed by atoms with Crippen molar-refractivity contribution in [3.05, 3.63) is 41.0 Å². The molecular weight excluding hydrogens is 444 g/mol. The van der Waals surface area contributed by atoms with Crippen LogP contribution in [0.15, 0.2) is 30.3 Å². The molecule has 2 aromatic heterocycles. The van der Waals surface area contributed by atoms with Gasteiger partial charge in [0.2, 0.25) is 0 Å². The molecule has 1 aliphatic heterocycles. The minimum absolute atomic E-state index is 0.0234. The summed E-state index contributed by atoms with van der Waals surface area (Å²) in [6.07, 6.45) is 0. The van der Waals surface area contributed by atoms with Crippen LogP contribution in [0.3, 0.4) is 0 Å². The number of pyridine rings is 1. The van der Waals surface area contributed by atoms with E-state index in [1.807, 2.05) is 19.1 Å². The highest BCUT2D eigenvalue weighted by atomic mass is 35.5. The van der Waals surface area contributed by atoms with Crippen LogP contribution in [0.4, 0.5) is 0 Å². The van der Waals surface area contributed by atoms with Gasteiger partial charge >= 0.3 is 0 Å². The molecule has 0 bridgehead atoms. The van der Waals surface area contributed by atoms with E-state index in [2.05, 4.69) is 15.1 Å². The third-order valence-electron chi connectivity index (χ3n) is 5.97. The van der Waals surface area contributed by atoms with Gasteiger partial charge in [-0.3, -0.25) is 10.00 Å². The predicted octanol–water partition coefficient (Wildman–Crippen LogP) is 4.17. The number of morpholine rings is 1. The third-order valence-corrected chi connectivity index (χ3v) is 6.27. The monoisotopic (exact) mass is 468 g/mol. The number of phenolic OH excluding ortho intramolecular Hbond substituents is 1. The molecule has 0 unspecified atom stereocenters. The van der Waals surface area contributed by atoms with Crippen molar-refractivity contribution < 1.29 is 19.3 Å². The van der Waals surface area contributed by atoms with Gasteiger partial charge in [-0.2, -0.15) is 5.10 Å². The van der Waals surface area contributed by atoms with E-state index >= 15 is 0 Å².